The molecule has 0 fully saturated rings. The van der Waals surface area contributed by atoms with Crippen molar-refractivity contribution in [2.45, 2.75) is 32.8 Å². The molecule has 1 aliphatic carbocycles. The van der Waals surface area contributed by atoms with Crippen LogP contribution in [0.2, 0.25) is 0 Å². The van der Waals surface area contributed by atoms with Gasteiger partial charge < -0.3 is 9.84 Å². The minimum atomic E-state index is -1.03. The van der Waals surface area contributed by atoms with E-state index >= 15 is 0 Å². The molecule has 0 saturated carbocycles. The van der Waals surface area contributed by atoms with Crippen LogP contribution in [0.5, 0.6) is 0 Å². The number of carbonyl (C=O) groups excluding carboxylic acids is 2. The van der Waals surface area contributed by atoms with Gasteiger partial charge in [0.15, 0.2) is 0 Å². The molecule has 0 aromatic heterocycles. The third kappa shape index (κ3) is 5.33. The number of carbonyl (C=O) groups is 2. The molecule has 0 aromatic carbocycles. The van der Waals surface area contributed by atoms with E-state index in [2.05, 4.69) is 6.58 Å². The average Bonchev–Trinajstić information content (AvgIpc) is 2.29. The highest BCUT2D eigenvalue weighted by atomic mass is 16.5. The van der Waals surface area contributed by atoms with Gasteiger partial charge in [-0.2, -0.15) is 0 Å². The first kappa shape index (κ1) is 14.9. The fourth-order valence-corrected chi connectivity index (χ4v) is 1.38. The maximum atomic E-state index is 11.4. The molecule has 102 valence electrons. The van der Waals surface area contributed by atoms with Crippen molar-refractivity contribution in [3.63, 3.8) is 0 Å². The summed E-state index contributed by atoms with van der Waals surface area (Å²) < 4.78 is 10.5. The zero-order chi connectivity index (χ0) is 14.4. The Kier molecular flexibility index (Phi) is 5.23. The SMILES string of the molecule is C=C1C=C(OC(=O)CCC(=O)O)C=CC1=[O+]C(C)C. The molecule has 0 amide bonds. The molecule has 0 radical (unpaired) electrons. The molecule has 5 nitrogen and oxygen atoms in total. The van der Waals surface area contributed by atoms with E-state index in [4.69, 9.17) is 14.3 Å². The predicted octanol–water partition coefficient (Wildman–Crippen LogP) is 1.92. The minimum Gasteiger partial charge on any atom is -0.481 e. The van der Waals surface area contributed by atoms with Gasteiger partial charge in [-0.3, -0.25) is 14.0 Å². The lowest BCUT2D eigenvalue weighted by atomic mass is 10.1. The van der Waals surface area contributed by atoms with Crippen molar-refractivity contribution in [2.75, 3.05) is 0 Å². The second-order valence-corrected chi connectivity index (χ2v) is 4.30. The standard InChI is InChI=1S/C14H16O5/c1-9(2)18-12-5-4-11(8-10(12)3)19-14(17)7-6-13(15)16/h4-5,8-9H,3,6-7H2,1-2H3/p+1. The Morgan fingerprint density at radius 3 is 2.58 bits per heavy atom. The second-order valence-electron chi connectivity index (χ2n) is 4.30. The minimum absolute atomic E-state index is 0.0319. The molecular weight excluding hydrogens is 248 g/mol. The van der Waals surface area contributed by atoms with Crippen molar-refractivity contribution in [1.29, 1.82) is 0 Å². The number of carboxylic acid groups (broad SMARTS) is 1. The maximum Gasteiger partial charge on any atom is 0.350 e. The van der Waals surface area contributed by atoms with Gasteiger partial charge in [0.2, 0.25) is 0 Å². The van der Waals surface area contributed by atoms with Crippen LogP contribution in [-0.2, 0) is 18.8 Å². The molecular formula is C14H17O5+. The lowest BCUT2D eigenvalue weighted by Crippen LogP contribution is -2.12. The molecule has 5 heteroatoms. The van der Waals surface area contributed by atoms with Crippen LogP contribution in [0.15, 0.2) is 36.1 Å². The molecule has 0 aliphatic heterocycles. The molecule has 0 bridgehead atoms. The Balaban J connectivity index is 2.59. The first-order valence-electron chi connectivity index (χ1n) is 5.93. The highest BCUT2D eigenvalue weighted by molar-refractivity contribution is 6.07. The second kappa shape index (κ2) is 6.68. The maximum absolute atomic E-state index is 11.4. The van der Waals surface area contributed by atoms with Crippen molar-refractivity contribution in [1.82, 2.24) is 0 Å². The fraction of sp³-hybridized carbons (Fsp3) is 0.357. The summed E-state index contributed by atoms with van der Waals surface area (Å²) in [5.41, 5.74) is 0.609. The summed E-state index contributed by atoms with van der Waals surface area (Å²) in [6, 6.07) is 0. The average molecular weight is 265 g/mol. The van der Waals surface area contributed by atoms with Crippen LogP contribution in [0.25, 0.3) is 0 Å². The Bertz CT molecular complexity index is 480. The molecule has 1 rings (SSSR count). The van der Waals surface area contributed by atoms with Gasteiger partial charge in [-0.05, 0) is 12.2 Å². The van der Waals surface area contributed by atoms with Gasteiger partial charge >= 0.3 is 17.7 Å². The van der Waals surface area contributed by atoms with Gasteiger partial charge in [-0.15, -0.1) is 0 Å². The highest BCUT2D eigenvalue weighted by Crippen LogP contribution is 2.14. The van der Waals surface area contributed by atoms with Gasteiger partial charge in [0, 0.05) is 19.9 Å². The van der Waals surface area contributed by atoms with Gasteiger partial charge in [0.05, 0.1) is 18.4 Å². The highest BCUT2D eigenvalue weighted by Gasteiger charge is 2.19. The van der Waals surface area contributed by atoms with Crippen LogP contribution in [0.3, 0.4) is 0 Å². The number of ether oxygens (including phenoxy) is 1. The Hall–Kier alpha value is -2.17. The lowest BCUT2D eigenvalue weighted by Gasteiger charge is -2.07. The first-order valence-corrected chi connectivity index (χ1v) is 5.93. The molecule has 0 atom stereocenters. The third-order valence-corrected chi connectivity index (χ3v) is 2.17. The van der Waals surface area contributed by atoms with E-state index in [1.54, 1.807) is 18.2 Å². The Morgan fingerprint density at radius 1 is 1.37 bits per heavy atom. The third-order valence-electron chi connectivity index (χ3n) is 2.17. The number of hydrogen-bond acceptors (Lipinski definition) is 3. The first-order chi connectivity index (χ1) is 8.88. The van der Waals surface area contributed by atoms with Crippen LogP contribution < -0.4 is 0 Å². The summed E-state index contributed by atoms with van der Waals surface area (Å²) in [6.07, 6.45) is 4.46. The number of allylic oxidation sites excluding steroid dienone is 4. The molecule has 1 N–H and O–H groups in total. The molecule has 0 aromatic rings. The quantitative estimate of drug-likeness (QED) is 0.468. The summed E-state index contributed by atoms with van der Waals surface area (Å²) in [4.78, 5) is 21.7. The Morgan fingerprint density at radius 2 is 2.05 bits per heavy atom. The summed E-state index contributed by atoms with van der Waals surface area (Å²) in [5, 5.41) is 8.46. The van der Waals surface area contributed by atoms with Crippen LogP contribution >= 0.6 is 0 Å². The van der Waals surface area contributed by atoms with E-state index in [1.165, 1.54) is 0 Å². The molecule has 1 aliphatic rings. The normalized spacial score (nSPS) is 16.7. The molecule has 0 heterocycles. The van der Waals surface area contributed by atoms with Crippen molar-refractivity contribution in [3.05, 3.63) is 36.1 Å². The van der Waals surface area contributed by atoms with Gasteiger partial charge in [-0.25, -0.2) is 0 Å². The number of esters is 1. The van der Waals surface area contributed by atoms with Crippen LogP contribution in [0.4, 0.5) is 0 Å². The monoisotopic (exact) mass is 265 g/mol. The number of aliphatic carboxylic acids is 1. The largest absolute Gasteiger partial charge is 0.481 e. The fourth-order valence-electron chi connectivity index (χ4n) is 1.38. The van der Waals surface area contributed by atoms with Crippen LogP contribution in [0, 0.1) is 0 Å². The molecule has 0 saturated heterocycles. The number of carboxylic acids is 1. The smallest absolute Gasteiger partial charge is 0.350 e. The van der Waals surface area contributed by atoms with Gasteiger partial charge in [-0.1, -0.05) is 6.58 Å². The molecule has 19 heavy (non-hydrogen) atoms. The van der Waals surface area contributed by atoms with Crippen molar-refractivity contribution in [2.24, 2.45) is 0 Å². The van der Waals surface area contributed by atoms with E-state index in [0.717, 1.165) is 0 Å². The van der Waals surface area contributed by atoms with E-state index < -0.39 is 11.9 Å². The molecule has 0 spiro atoms. The van der Waals surface area contributed by atoms with Gasteiger partial charge in [0.1, 0.15) is 5.76 Å². The summed E-state index contributed by atoms with van der Waals surface area (Å²) >= 11 is 0. The van der Waals surface area contributed by atoms with E-state index in [1.807, 2.05) is 13.8 Å². The summed E-state index contributed by atoms with van der Waals surface area (Å²) in [5.74, 6) is -0.661. The molecule has 0 unspecified atom stereocenters. The van der Waals surface area contributed by atoms with Crippen molar-refractivity contribution in [3.8, 4) is 0 Å². The lowest BCUT2D eigenvalue weighted by molar-refractivity contribution is -0.492. The van der Waals surface area contributed by atoms with Crippen LogP contribution in [-0.4, -0.2) is 28.9 Å². The Labute approximate surface area is 111 Å². The van der Waals surface area contributed by atoms with E-state index in [-0.39, 0.29) is 18.9 Å². The number of rotatable bonds is 5. The van der Waals surface area contributed by atoms with E-state index in [0.29, 0.717) is 17.1 Å². The zero-order valence-corrected chi connectivity index (χ0v) is 11.0. The topological polar surface area (TPSA) is 74.9 Å². The van der Waals surface area contributed by atoms with Crippen molar-refractivity contribution < 1.29 is 23.9 Å². The number of ketones is 1. The summed E-state index contributed by atoms with van der Waals surface area (Å²) in [6.45, 7) is 7.61. The van der Waals surface area contributed by atoms with Crippen molar-refractivity contribution >= 4 is 17.7 Å². The van der Waals surface area contributed by atoms with Gasteiger partial charge in [0.25, 0.3) is 6.10 Å². The zero-order valence-electron chi connectivity index (χ0n) is 11.0. The number of hydrogen-bond donors (Lipinski definition) is 1. The predicted molar refractivity (Wildman–Crippen MR) is 69.5 cm³/mol. The summed E-state index contributed by atoms with van der Waals surface area (Å²) in [7, 11) is 0. The van der Waals surface area contributed by atoms with E-state index in [9.17, 15) is 9.59 Å². The van der Waals surface area contributed by atoms with Crippen LogP contribution in [0.1, 0.15) is 26.7 Å².